The summed E-state index contributed by atoms with van der Waals surface area (Å²) in [7, 11) is 0. The van der Waals surface area contributed by atoms with Gasteiger partial charge in [0.15, 0.2) is 0 Å². The molecule has 1 atom stereocenters. The number of carbonyl (C=O) groups excluding carboxylic acids is 1. The van der Waals surface area contributed by atoms with Crippen LogP contribution in [0.15, 0.2) is 18.2 Å². The topological polar surface area (TPSA) is 46.3 Å². The number of nitrogens with zero attached hydrogens (tertiary/aromatic N) is 1. The predicted molar refractivity (Wildman–Crippen MR) is 64.0 cm³/mol. The zero-order valence-corrected chi connectivity index (χ0v) is 10.1. The molecule has 1 heterocycles. The minimum atomic E-state index is -0.446. The van der Waals surface area contributed by atoms with Crippen LogP contribution in [0.3, 0.4) is 0 Å². The summed E-state index contributed by atoms with van der Waals surface area (Å²) in [6.07, 6.45) is 0.457. The molecule has 1 aliphatic rings. The summed E-state index contributed by atoms with van der Waals surface area (Å²) >= 11 is 5.69. The molecule has 0 saturated carbocycles. The molecule has 1 fully saturated rings. The molecule has 1 aromatic carbocycles. The molecule has 3 nitrogen and oxygen atoms in total. The summed E-state index contributed by atoms with van der Waals surface area (Å²) in [5.74, 6) is -0.234. The number of carbonyl (C=O) groups is 1. The molecule has 0 spiro atoms. The highest BCUT2D eigenvalue weighted by atomic mass is 35.5. The third-order valence-electron chi connectivity index (χ3n) is 3.02. The first-order valence-electron chi connectivity index (χ1n) is 5.52. The molecule has 2 N–H and O–H groups in total. The van der Waals surface area contributed by atoms with Gasteiger partial charge in [-0.15, -0.1) is 0 Å². The van der Waals surface area contributed by atoms with Crippen LogP contribution in [0.5, 0.6) is 0 Å². The summed E-state index contributed by atoms with van der Waals surface area (Å²) in [6, 6.07) is 4.82. The number of hydrogen-bond acceptors (Lipinski definition) is 2. The molecule has 0 aromatic heterocycles. The zero-order valence-electron chi connectivity index (χ0n) is 9.33. The average Bonchev–Trinajstić information content (AvgIpc) is 2.66. The van der Waals surface area contributed by atoms with Crippen molar-refractivity contribution in [2.45, 2.75) is 13.0 Å². The Balaban J connectivity index is 2.11. The van der Waals surface area contributed by atoms with Gasteiger partial charge in [0.05, 0.1) is 5.02 Å². The van der Waals surface area contributed by atoms with Gasteiger partial charge in [-0.2, -0.15) is 0 Å². The van der Waals surface area contributed by atoms with Crippen LogP contribution in [0.25, 0.3) is 0 Å². The molecule has 1 aliphatic heterocycles. The lowest BCUT2D eigenvalue weighted by Gasteiger charge is -2.17. The Bertz CT molecular complexity index is 439. The molecule has 1 aromatic rings. The maximum absolute atomic E-state index is 13.7. The van der Waals surface area contributed by atoms with Gasteiger partial charge in [-0.3, -0.25) is 4.79 Å². The van der Waals surface area contributed by atoms with E-state index in [4.69, 9.17) is 17.3 Å². The Hall–Kier alpha value is -1.13. The number of likely N-dealkylation sites (tertiary alicyclic amines) is 1. The van der Waals surface area contributed by atoms with Crippen LogP contribution in [-0.4, -0.2) is 23.9 Å². The Morgan fingerprint density at radius 3 is 2.94 bits per heavy atom. The number of nitrogens with two attached hydrogens (primary N) is 1. The van der Waals surface area contributed by atoms with Crippen LogP contribution >= 0.6 is 11.6 Å². The largest absolute Gasteiger partial charge is 0.338 e. The third kappa shape index (κ3) is 2.58. The molecule has 5 heteroatoms. The zero-order chi connectivity index (χ0) is 12.4. The predicted octanol–water partition coefficient (Wildman–Crippen LogP) is 1.79. The van der Waals surface area contributed by atoms with E-state index in [0.717, 1.165) is 0 Å². The first-order chi connectivity index (χ1) is 8.11. The van der Waals surface area contributed by atoms with Crippen LogP contribution in [0.1, 0.15) is 12.0 Å². The van der Waals surface area contributed by atoms with E-state index in [-0.39, 0.29) is 23.4 Å². The van der Waals surface area contributed by atoms with Gasteiger partial charge < -0.3 is 10.6 Å². The molecule has 1 saturated heterocycles. The average molecular weight is 257 g/mol. The molecule has 1 amide bonds. The molecule has 17 heavy (non-hydrogen) atoms. The van der Waals surface area contributed by atoms with Crippen LogP contribution in [0.4, 0.5) is 4.39 Å². The van der Waals surface area contributed by atoms with Gasteiger partial charge in [0, 0.05) is 25.1 Å². The Kier molecular flexibility index (Phi) is 3.64. The fraction of sp³-hybridized carbons (Fsp3) is 0.417. The van der Waals surface area contributed by atoms with E-state index in [2.05, 4.69) is 0 Å². The molecule has 1 unspecified atom stereocenters. The van der Waals surface area contributed by atoms with E-state index in [9.17, 15) is 9.18 Å². The fourth-order valence-electron chi connectivity index (χ4n) is 2.04. The highest BCUT2D eigenvalue weighted by molar-refractivity contribution is 6.30. The van der Waals surface area contributed by atoms with Crippen molar-refractivity contribution in [2.24, 2.45) is 11.7 Å². The number of benzene rings is 1. The van der Waals surface area contributed by atoms with E-state index in [1.54, 1.807) is 17.0 Å². The van der Waals surface area contributed by atoms with Gasteiger partial charge in [0.1, 0.15) is 5.82 Å². The SMILES string of the molecule is NCC1CC(=O)N(Cc2cccc(Cl)c2F)C1. The number of hydrogen-bond donors (Lipinski definition) is 1. The van der Waals surface area contributed by atoms with Crippen LogP contribution in [-0.2, 0) is 11.3 Å². The van der Waals surface area contributed by atoms with E-state index in [1.165, 1.54) is 6.07 Å². The van der Waals surface area contributed by atoms with Crippen LogP contribution in [0, 0.1) is 11.7 Å². The van der Waals surface area contributed by atoms with Crippen molar-refractivity contribution in [3.63, 3.8) is 0 Å². The van der Waals surface area contributed by atoms with Crippen molar-refractivity contribution < 1.29 is 9.18 Å². The standard InChI is InChI=1S/C12H14ClFN2O/c13-10-3-1-2-9(12(10)14)7-16-6-8(5-15)4-11(16)17/h1-3,8H,4-7,15H2. The summed E-state index contributed by atoms with van der Waals surface area (Å²) in [4.78, 5) is 13.3. The molecule has 2 rings (SSSR count). The van der Waals surface area contributed by atoms with Gasteiger partial charge >= 0.3 is 0 Å². The maximum Gasteiger partial charge on any atom is 0.223 e. The van der Waals surface area contributed by atoms with Gasteiger partial charge in [-0.1, -0.05) is 23.7 Å². The second-order valence-corrected chi connectivity index (χ2v) is 4.70. The van der Waals surface area contributed by atoms with Gasteiger partial charge in [-0.25, -0.2) is 4.39 Å². The van der Waals surface area contributed by atoms with Crippen molar-refractivity contribution in [1.29, 1.82) is 0 Å². The van der Waals surface area contributed by atoms with E-state index in [0.29, 0.717) is 25.1 Å². The summed E-state index contributed by atoms with van der Waals surface area (Å²) < 4.78 is 13.7. The second kappa shape index (κ2) is 5.02. The molecule has 0 radical (unpaired) electrons. The highest BCUT2D eigenvalue weighted by Crippen LogP contribution is 2.23. The molecule has 0 aliphatic carbocycles. The molecule has 92 valence electrons. The Labute approximate surface area is 104 Å². The highest BCUT2D eigenvalue weighted by Gasteiger charge is 2.29. The van der Waals surface area contributed by atoms with E-state index in [1.807, 2.05) is 0 Å². The first-order valence-corrected chi connectivity index (χ1v) is 5.90. The van der Waals surface area contributed by atoms with Crippen LogP contribution < -0.4 is 5.73 Å². The van der Waals surface area contributed by atoms with Crippen molar-refractivity contribution in [1.82, 2.24) is 4.90 Å². The summed E-state index contributed by atoms with van der Waals surface area (Å²) in [5, 5.41) is 0.0875. The van der Waals surface area contributed by atoms with Crippen molar-refractivity contribution >= 4 is 17.5 Å². The van der Waals surface area contributed by atoms with E-state index < -0.39 is 5.82 Å². The van der Waals surface area contributed by atoms with Gasteiger partial charge in [0.2, 0.25) is 5.91 Å². The summed E-state index contributed by atoms with van der Waals surface area (Å²) in [6.45, 7) is 1.35. The van der Waals surface area contributed by atoms with Gasteiger partial charge in [0.25, 0.3) is 0 Å². The normalized spacial score (nSPS) is 20.1. The van der Waals surface area contributed by atoms with Crippen molar-refractivity contribution in [3.05, 3.63) is 34.6 Å². The minimum absolute atomic E-state index is 0.0276. The maximum atomic E-state index is 13.7. The minimum Gasteiger partial charge on any atom is -0.338 e. The molecule has 0 bridgehead atoms. The van der Waals surface area contributed by atoms with Crippen LogP contribution in [0.2, 0.25) is 5.02 Å². The number of amides is 1. The van der Waals surface area contributed by atoms with Crippen molar-refractivity contribution in [3.8, 4) is 0 Å². The fourth-order valence-corrected chi connectivity index (χ4v) is 2.23. The van der Waals surface area contributed by atoms with E-state index >= 15 is 0 Å². The first kappa shape index (κ1) is 12.3. The quantitative estimate of drug-likeness (QED) is 0.896. The lowest BCUT2D eigenvalue weighted by atomic mass is 10.1. The number of rotatable bonds is 3. The van der Waals surface area contributed by atoms with Crippen molar-refractivity contribution in [2.75, 3.05) is 13.1 Å². The monoisotopic (exact) mass is 256 g/mol. The second-order valence-electron chi connectivity index (χ2n) is 4.29. The Morgan fingerprint density at radius 2 is 2.29 bits per heavy atom. The lowest BCUT2D eigenvalue weighted by molar-refractivity contribution is -0.128. The Morgan fingerprint density at radius 1 is 1.53 bits per heavy atom. The smallest absolute Gasteiger partial charge is 0.223 e. The summed E-state index contributed by atoms with van der Waals surface area (Å²) in [5.41, 5.74) is 5.98. The lowest BCUT2D eigenvalue weighted by Crippen LogP contribution is -2.26. The third-order valence-corrected chi connectivity index (χ3v) is 3.31. The number of halogens is 2. The van der Waals surface area contributed by atoms with Gasteiger partial charge in [-0.05, 0) is 18.5 Å². The molecular weight excluding hydrogens is 243 g/mol. The molecular formula is C12H14ClFN2O.